The molecule has 0 aromatic heterocycles. The molecule has 1 fully saturated rings. The lowest BCUT2D eigenvalue weighted by atomic mass is 9.96. The summed E-state index contributed by atoms with van der Waals surface area (Å²) in [5, 5.41) is 11.0. The van der Waals surface area contributed by atoms with Gasteiger partial charge in [-0.2, -0.15) is 0 Å². The third-order valence-electron chi connectivity index (χ3n) is 5.24. The molecule has 1 aliphatic rings. The Morgan fingerprint density at radius 3 is 2.57 bits per heavy atom. The SMILES string of the molecule is CCCCCCCOc1ccc2cc(CC3CC(=O)N(OC(=O)O)C3=O)ccc2c1. The van der Waals surface area contributed by atoms with E-state index >= 15 is 0 Å². The van der Waals surface area contributed by atoms with Gasteiger partial charge < -0.3 is 9.84 Å². The molecule has 1 saturated heterocycles. The smallest absolute Gasteiger partial charge is 0.494 e. The molecular weight excluding hydrogens is 386 g/mol. The van der Waals surface area contributed by atoms with Crippen LogP contribution >= 0.6 is 0 Å². The van der Waals surface area contributed by atoms with Crippen LogP contribution in [0.5, 0.6) is 5.75 Å². The Hall–Kier alpha value is -3.09. The van der Waals surface area contributed by atoms with Gasteiger partial charge in [-0.15, -0.1) is 0 Å². The van der Waals surface area contributed by atoms with Gasteiger partial charge in [-0.25, -0.2) is 4.79 Å². The van der Waals surface area contributed by atoms with Gasteiger partial charge >= 0.3 is 6.16 Å². The van der Waals surface area contributed by atoms with E-state index in [9.17, 15) is 14.4 Å². The number of imide groups is 1. The standard InChI is InChI=1S/C23H27NO6/c1-2-3-4-5-6-11-29-20-10-9-17-12-16(7-8-18(17)14-20)13-19-15-21(25)24(22(19)26)30-23(27)28/h7-10,12,14,19H,2-6,11,13,15H2,1H3,(H,27,28). The number of fused-ring (bicyclic) bond motifs is 1. The first-order valence-electron chi connectivity index (χ1n) is 10.4. The van der Waals surface area contributed by atoms with Gasteiger partial charge in [-0.1, -0.05) is 61.9 Å². The highest BCUT2D eigenvalue weighted by Crippen LogP contribution is 2.27. The predicted molar refractivity (Wildman–Crippen MR) is 111 cm³/mol. The molecule has 7 nitrogen and oxygen atoms in total. The largest absolute Gasteiger partial charge is 0.531 e. The van der Waals surface area contributed by atoms with Crippen molar-refractivity contribution in [1.82, 2.24) is 5.06 Å². The number of nitrogens with zero attached hydrogens (tertiary/aromatic N) is 1. The lowest BCUT2D eigenvalue weighted by Gasteiger charge is -2.12. The number of hydrogen-bond donors (Lipinski definition) is 1. The highest BCUT2D eigenvalue weighted by atomic mass is 16.8. The first-order chi connectivity index (χ1) is 14.5. The number of hydroxylamine groups is 2. The maximum absolute atomic E-state index is 12.2. The van der Waals surface area contributed by atoms with Crippen LogP contribution in [-0.2, 0) is 20.8 Å². The Morgan fingerprint density at radius 1 is 1.07 bits per heavy atom. The van der Waals surface area contributed by atoms with E-state index < -0.39 is 23.9 Å². The molecule has 0 spiro atoms. The van der Waals surface area contributed by atoms with Crippen LogP contribution in [0.2, 0.25) is 0 Å². The molecular formula is C23H27NO6. The van der Waals surface area contributed by atoms with Crippen molar-refractivity contribution in [3.05, 3.63) is 42.0 Å². The van der Waals surface area contributed by atoms with Crippen LogP contribution < -0.4 is 4.74 Å². The molecule has 2 amide bonds. The molecule has 1 atom stereocenters. The van der Waals surface area contributed by atoms with Crippen molar-refractivity contribution in [2.45, 2.75) is 51.9 Å². The molecule has 0 saturated carbocycles. The average molecular weight is 413 g/mol. The van der Waals surface area contributed by atoms with E-state index in [0.717, 1.165) is 28.5 Å². The summed E-state index contributed by atoms with van der Waals surface area (Å²) in [7, 11) is 0. The third-order valence-corrected chi connectivity index (χ3v) is 5.24. The Bertz CT molecular complexity index is 925. The van der Waals surface area contributed by atoms with Crippen molar-refractivity contribution in [3.63, 3.8) is 0 Å². The summed E-state index contributed by atoms with van der Waals surface area (Å²) in [4.78, 5) is 39.0. The minimum absolute atomic E-state index is 0.0603. The van der Waals surface area contributed by atoms with E-state index in [0.29, 0.717) is 18.1 Å². The summed E-state index contributed by atoms with van der Waals surface area (Å²) >= 11 is 0. The van der Waals surface area contributed by atoms with Crippen LogP contribution in [0.1, 0.15) is 51.0 Å². The minimum Gasteiger partial charge on any atom is -0.494 e. The van der Waals surface area contributed by atoms with E-state index in [1.807, 2.05) is 36.4 Å². The second kappa shape index (κ2) is 10.1. The summed E-state index contributed by atoms with van der Waals surface area (Å²) < 4.78 is 5.85. The molecule has 3 rings (SSSR count). The molecule has 1 unspecified atom stereocenters. The van der Waals surface area contributed by atoms with Gasteiger partial charge in [0.05, 0.1) is 12.5 Å². The molecule has 1 N–H and O–H groups in total. The fourth-order valence-electron chi connectivity index (χ4n) is 3.67. The zero-order valence-corrected chi connectivity index (χ0v) is 17.1. The van der Waals surface area contributed by atoms with Crippen molar-refractivity contribution in [1.29, 1.82) is 0 Å². The van der Waals surface area contributed by atoms with Gasteiger partial charge in [0.15, 0.2) is 0 Å². The summed E-state index contributed by atoms with van der Waals surface area (Å²) in [6.07, 6.45) is 4.58. The lowest BCUT2D eigenvalue weighted by Crippen LogP contribution is -2.33. The van der Waals surface area contributed by atoms with Crippen molar-refractivity contribution < 1.29 is 29.1 Å². The first-order valence-corrected chi connectivity index (χ1v) is 10.4. The molecule has 160 valence electrons. The molecule has 0 bridgehead atoms. The number of ether oxygens (including phenoxy) is 1. The summed E-state index contributed by atoms with van der Waals surface area (Å²) in [5.74, 6) is -1.04. The number of amides is 2. The normalized spacial score (nSPS) is 16.3. The van der Waals surface area contributed by atoms with Crippen LogP contribution in [0.3, 0.4) is 0 Å². The first kappa shape index (κ1) is 21.6. The van der Waals surface area contributed by atoms with Gasteiger partial charge in [0, 0.05) is 6.42 Å². The van der Waals surface area contributed by atoms with Crippen molar-refractivity contribution >= 4 is 28.7 Å². The Balaban J connectivity index is 1.59. The zero-order valence-electron chi connectivity index (χ0n) is 17.1. The molecule has 2 aromatic carbocycles. The average Bonchev–Trinajstić information content (AvgIpc) is 2.97. The highest BCUT2D eigenvalue weighted by Gasteiger charge is 2.41. The number of benzene rings is 2. The maximum Gasteiger partial charge on any atom is 0.531 e. The second-order valence-corrected chi connectivity index (χ2v) is 7.59. The molecule has 0 radical (unpaired) electrons. The Labute approximate surface area is 175 Å². The summed E-state index contributed by atoms with van der Waals surface area (Å²) in [5.41, 5.74) is 0.899. The number of rotatable bonds is 10. The monoisotopic (exact) mass is 413 g/mol. The zero-order chi connectivity index (χ0) is 21.5. The lowest BCUT2D eigenvalue weighted by molar-refractivity contribution is -0.176. The van der Waals surface area contributed by atoms with Gasteiger partial charge in [0.2, 0.25) is 0 Å². The molecule has 7 heteroatoms. The van der Waals surface area contributed by atoms with Crippen molar-refractivity contribution in [2.24, 2.45) is 5.92 Å². The van der Waals surface area contributed by atoms with E-state index in [4.69, 9.17) is 9.84 Å². The maximum atomic E-state index is 12.2. The number of carbonyl (C=O) groups excluding carboxylic acids is 2. The minimum atomic E-state index is -1.68. The predicted octanol–water partition coefficient (Wildman–Crippen LogP) is 4.72. The van der Waals surface area contributed by atoms with E-state index in [1.54, 1.807) is 0 Å². The highest BCUT2D eigenvalue weighted by molar-refractivity contribution is 6.03. The van der Waals surface area contributed by atoms with Crippen LogP contribution in [0.15, 0.2) is 36.4 Å². The number of carboxylic acid groups (broad SMARTS) is 1. The van der Waals surface area contributed by atoms with Gasteiger partial charge in [0.25, 0.3) is 11.8 Å². The fraction of sp³-hybridized carbons (Fsp3) is 0.435. The quantitative estimate of drug-likeness (QED) is 0.448. The van der Waals surface area contributed by atoms with Gasteiger partial charge in [0.1, 0.15) is 5.75 Å². The number of carbonyl (C=O) groups is 3. The molecule has 2 aromatic rings. The van der Waals surface area contributed by atoms with Gasteiger partial charge in [-0.3, -0.25) is 14.4 Å². The number of unbranched alkanes of at least 4 members (excludes halogenated alkanes) is 4. The van der Waals surface area contributed by atoms with E-state index in [1.165, 1.54) is 25.7 Å². The van der Waals surface area contributed by atoms with Gasteiger partial charge in [-0.05, 0) is 41.3 Å². The van der Waals surface area contributed by atoms with E-state index in [2.05, 4.69) is 11.8 Å². The molecule has 1 heterocycles. The summed E-state index contributed by atoms with van der Waals surface area (Å²) in [6, 6.07) is 11.8. The fourth-order valence-corrected chi connectivity index (χ4v) is 3.67. The Morgan fingerprint density at radius 2 is 1.80 bits per heavy atom. The summed E-state index contributed by atoms with van der Waals surface area (Å²) in [6.45, 7) is 2.91. The van der Waals surface area contributed by atoms with Crippen LogP contribution in [-0.4, -0.2) is 34.7 Å². The molecule has 30 heavy (non-hydrogen) atoms. The van der Waals surface area contributed by atoms with Crippen molar-refractivity contribution in [2.75, 3.05) is 6.61 Å². The second-order valence-electron chi connectivity index (χ2n) is 7.59. The van der Waals surface area contributed by atoms with Crippen LogP contribution in [0.25, 0.3) is 10.8 Å². The van der Waals surface area contributed by atoms with E-state index in [-0.39, 0.29) is 6.42 Å². The van der Waals surface area contributed by atoms with Crippen molar-refractivity contribution in [3.8, 4) is 5.75 Å². The van der Waals surface area contributed by atoms with Crippen LogP contribution in [0.4, 0.5) is 4.79 Å². The van der Waals surface area contributed by atoms with Crippen LogP contribution in [0, 0.1) is 5.92 Å². The molecule has 0 aliphatic carbocycles. The number of hydrogen-bond acceptors (Lipinski definition) is 5. The third kappa shape index (κ3) is 5.49. The topological polar surface area (TPSA) is 93.1 Å². The Kier molecular flexibility index (Phi) is 7.27. The molecule has 1 aliphatic heterocycles.